The number of benzene rings is 2. The first-order valence-electron chi connectivity index (χ1n) is 8.75. The zero-order valence-electron chi connectivity index (χ0n) is 15.7. The molecule has 0 aliphatic carbocycles. The normalized spacial score (nSPS) is 10.1. The lowest BCUT2D eigenvalue weighted by Gasteiger charge is -2.12. The van der Waals surface area contributed by atoms with Crippen molar-refractivity contribution < 1.29 is 19.1 Å². The van der Waals surface area contributed by atoms with Gasteiger partial charge in [-0.15, -0.1) is 0 Å². The zero-order valence-corrected chi connectivity index (χ0v) is 15.7. The van der Waals surface area contributed by atoms with Crippen molar-refractivity contribution in [1.82, 2.24) is 5.32 Å². The number of amides is 2. The molecule has 0 spiro atoms. The van der Waals surface area contributed by atoms with Gasteiger partial charge in [0.2, 0.25) is 0 Å². The molecule has 0 radical (unpaired) electrons. The van der Waals surface area contributed by atoms with Gasteiger partial charge in [-0.1, -0.05) is 26.0 Å². The van der Waals surface area contributed by atoms with Crippen LogP contribution < -0.4 is 10.6 Å². The number of anilines is 1. The Morgan fingerprint density at radius 2 is 1.75 bits per heavy atom. The molecule has 0 saturated carbocycles. The van der Waals surface area contributed by atoms with Crippen LogP contribution in [0.1, 0.15) is 40.1 Å². The van der Waals surface area contributed by atoms with Crippen LogP contribution >= 0.6 is 0 Å². The fourth-order valence-corrected chi connectivity index (χ4v) is 2.26. The molecule has 2 aromatic rings. The van der Waals surface area contributed by atoms with Gasteiger partial charge in [0.15, 0.2) is 6.61 Å². The van der Waals surface area contributed by atoms with Gasteiger partial charge >= 0.3 is 5.97 Å². The van der Waals surface area contributed by atoms with E-state index in [4.69, 9.17) is 10.00 Å². The standard InChI is InChI=1S/C21H21N3O4/c1-14(2)12-23-20(26)17-5-3-4-6-18(17)24-19(25)13-28-21(27)16-9-7-15(11-22)8-10-16/h3-10,14H,12-13H2,1-2H3,(H,23,26)(H,24,25). The van der Waals surface area contributed by atoms with Crippen LogP contribution in [0.5, 0.6) is 0 Å². The highest BCUT2D eigenvalue weighted by molar-refractivity contribution is 6.04. The summed E-state index contributed by atoms with van der Waals surface area (Å²) in [4.78, 5) is 36.4. The lowest BCUT2D eigenvalue weighted by molar-refractivity contribution is -0.119. The molecular weight excluding hydrogens is 358 g/mol. The molecule has 0 aliphatic heterocycles. The highest BCUT2D eigenvalue weighted by atomic mass is 16.5. The second-order valence-corrected chi connectivity index (χ2v) is 6.46. The lowest BCUT2D eigenvalue weighted by Crippen LogP contribution is -2.29. The van der Waals surface area contributed by atoms with Gasteiger partial charge in [0.05, 0.1) is 28.4 Å². The first-order chi connectivity index (χ1) is 13.4. The fraction of sp³-hybridized carbons (Fsp3) is 0.238. The number of para-hydroxylation sites is 1. The molecule has 0 unspecified atom stereocenters. The van der Waals surface area contributed by atoms with Crippen molar-refractivity contribution in [3.05, 3.63) is 65.2 Å². The second-order valence-electron chi connectivity index (χ2n) is 6.46. The van der Waals surface area contributed by atoms with Crippen LogP contribution in [0.3, 0.4) is 0 Å². The van der Waals surface area contributed by atoms with Gasteiger partial charge in [-0.25, -0.2) is 4.79 Å². The number of carbonyl (C=O) groups is 3. The van der Waals surface area contributed by atoms with E-state index < -0.39 is 18.5 Å². The molecule has 144 valence electrons. The number of ether oxygens (including phenoxy) is 1. The molecule has 2 rings (SSSR count). The molecule has 0 saturated heterocycles. The van der Waals surface area contributed by atoms with E-state index in [0.29, 0.717) is 29.3 Å². The third kappa shape index (κ3) is 5.95. The molecular formula is C21H21N3O4. The monoisotopic (exact) mass is 379 g/mol. The smallest absolute Gasteiger partial charge is 0.338 e. The summed E-state index contributed by atoms with van der Waals surface area (Å²) in [6.07, 6.45) is 0. The number of rotatable bonds is 7. The van der Waals surface area contributed by atoms with Crippen molar-refractivity contribution in [3.8, 4) is 6.07 Å². The predicted octanol–water partition coefficient (Wildman–Crippen LogP) is 2.74. The van der Waals surface area contributed by atoms with E-state index in [-0.39, 0.29) is 11.5 Å². The lowest BCUT2D eigenvalue weighted by atomic mass is 10.1. The maximum absolute atomic E-state index is 12.3. The first-order valence-corrected chi connectivity index (χ1v) is 8.75. The Labute approximate surface area is 163 Å². The highest BCUT2D eigenvalue weighted by Gasteiger charge is 2.15. The third-order valence-corrected chi connectivity index (χ3v) is 3.70. The molecule has 0 heterocycles. The molecule has 28 heavy (non-hydrogen) atoms. The Balaban J connectivity index is 1.95. The minimum absolute atomic E-state index is 0.236. The van der Waals surface area contributed by atoms with Crippen LogP contribution in [0.4, 0.5) is 5.69 Å². The quantitative estimate of drug-likeness (QED) is 0.719. The summed E-state index contributed by atoms with van der Waals surface area (Å²) >= 11 is 0. The van der Waals surface area contributed by atoms with Crippen molar-refractivity contribution >= 4 is 23.5 Å². The largest absolute Gasteiger partial charge is 0.452 e. The number of nitriles is 1. The van der Waals surface area contributed by atoms with E-state index >= 15 is 0 Å². The van der Waals surface area contributed by atoms with E-state index in [1.165, 1.54) is 24.3 Å². The summed E-state index contributed by atoms with van der Waals surface area (Å²) in [7, 11) is 0. The molecule has 0 fully saturated rings. The summed E-state index contributed by atoms with van der Waals surface area (Å²) < 4.78 is 4.98. The van der Waals surface area contributed by atoms with Crippen LogP contribution in [-0.4, -0.2) is 30.9 Å². The average molecular weight is 379 g/mol. The van der Waals surface area contributed by atoms with Crippen LogP contribution in [0.25, 0.3) is 0 Å². The number of esters is 1. The minimum Gasteiger partial charge on any atom is -0.452 e. The second kappa shape index (κ2) is 9.88. The SMILES string of the molecule is CC(C)CNC(=O)c1ccccc1NC(=O)COC(=O)c1ccc(C#N)cc1. The molecule has 2 aromatic carbocycles. The van der Waals surface area contributed by atoms with E-state index in [2.05, 4.69) is 10.6 Å². The summed E-state index contributed by atoms with van der Waals surface area (Å²) in [6.45, 7) is 3.98. The van der Waals surface area contributed by atoms with Gasteiger partial charge in [-0.05, 0) is 42.3 Å². The van der Waals surface area contributed by atoms with Crippen molar-refractivity contribution in [1.29, 1.82) is 5.26 Å². The predicted molar refractivity (Wildman–Crippen MR) is 104 cm³/mol. The maximum atomic E-state index is 12.3. The van der Waals surface area contributed by atoms with Crippen LogP contribution in [0.2, 0.25) is 0 Å². The Bertz CT molecular complexity index is 899. The van der Waals surface area contributed by atoms with Gasteiger partial charge in [-0.2, -0.15) is 5.26 Å². The fourth-order valence-electron chi connectivity index (χ4n) is 2.26. The van der Waals surface area contributed by atoms with Crippen LogP contribution in [0, 0.1) is 17.2 Å². The number of nitrogens with one attached hydrogen (secondary N) is 2. The number of hydrogen-bond donors (Lipinski definition) is 2. The van der Waals surface area contributed by atoms with E-state index in [1.54, 1.807) is 24.3 Å². The van der Waals surface area contributed by atoms with Gasteiger partial charge in [0, 0.05) is 6.54 Å². The Morgan fingerprint density at radius 1 is 1.07 bits per heavy atom. The first kappa shape index (κ1) is 20.6. The van der Waals surface area contributed by atoms with Gasteiger partial charge in [0.1, 0.15) is 0 Å². The topological polar surface area (TPSA) is 108 Å². The Kier molecular flexibility index (Phi) is 7.28. The summed E-state index contributed by atoms with van der Waals surface area (Å²) in [5.41, 5.74) is 1.32. The molecule has 7 heteroatoms. The van der Waals surface area contributed by atoms with Crippen LogP contribution in [-0.2, 0) is 9.53 Å². The highest BCUT2D eigenvalue weighted by Crippen LogP contribution is 2.15. The maximum Gasteiger partial charge on any atom is 0.338 e. The molecule has 2 N–H and O–H groups in total. The van der Waals surface area contributed by atoms with Crippen molar-refractivity contribution in [2.75, 3.05) is 18.5 Å². The zero-order chi connectivity index (χ0) is 20.5. The molecule has 0 bridgehead atoms. The summed E-state index contributed by atoms with van der Waals surface area (Å²) in [5.74, 6) is -1.24. The van der Waals surface area contributed by atoms with Gasteiger partial charge in [-0.3, -0.25) is 9.59 Å². The molecule has 0 aromatic heterocycles. The number of nitrogens with zero attached hydrogens (tertiary/aromatic N) is 1. The van der Waals surface area contributed by atoms with Crippen LogP contribution in [0.15, 0.2) is 48.5 Å². The number of hydrogen-bond acceptors (Lipinski definition) is 5. The van der Waals surface area contributed by atoms with Crippen molar-refractivity contribution in [2.24, 2.45) is 5.92 Å². The molecule has 0 atom stereocenters. The van der Waals surface area contributed by atoms with Gasteiger partial charge in [0.25, 0.3) is 11.8 Å². The van der Waals surface area contributed by atoms with Crippen molar-refractivity contribution in [3.63, 3.8) is 0 Å². The van der Waals surface area contributed by atoms with Crippen molar-refractivity contribution in [2.45, 2.75) is 13.8 Å². The minimum atomic E-state index is -0.678. The van der Waals surface area contributed by atoms with E-state index in [9.17, 15) is 14.4 Å². The van der Waals surface area contributed by atoms with E-state index in [0.717, 1.165) is 0 Å². The number of carbonyl (C=O) groups excluding carboxylic acids is 3. The third-order valence-electron chi connectivity index (χ3n) is 3.70. The molecule has 7 nitrogen and oxygen atoms in total. The molecule has 2 amide bonds. The van der Waals surface area contributed by atoms with Gasteiger partial charge < -0.3 is 15.4 Å². The summed E-state index contributed by atoms with van der Waals surface area (Å²) in [5, 5.41) is 14.1. The Hall–Kier alpha value is -3.66. The average Bonchev–Trinajstić information content (AvgIpc) is 2.70. The van der Waals surface area contributed by atoms with E-state index in [1.807, 2.05) is 19.9 Å². The Morgan fingerprint density at radius 3 is 2.39 bits per heavy atom. The summed E-state index contributed by atoms with van der Waals surface area (Å²) in [6, 6.07) is 14.4. The molecule has 0 aliphatic rings.